The van der Waals surface area contributed by atoms with Gasteiger partial charge in [0.2, 0.25) is 5.91 Å². The summed E-state index contributed by atoms with van der Waals surface area (Å²) < 4.78 is 32.7. The van der Waals surface area contributed by atoms with Crippen LogP contribution in [0, 0.1) is 23.5 Å². The molecule has 0 aromatic heterocycles. The highest BCUT2D eigenvalue weighted by Gasteiger charge is 2.40. The van der Waals surface area contributed by atoms with E-state index >= 15 is 0 Å². The second-order valence-corrected chi connectivity index (χ2v) is 8.73. The Morgan fingerprint density at radius 3 is 2.41 bits per heavy atom. The number of carbonyl (C=O) groups is 2. The first-order valence-corrected chi connectivity index (χ1v) is 9.84. The van der Waals surface area contributed by atoms with E-state index in [1.807, 2.05) is 27.7 Å². The Morgan fingerprint density at radius 2 is 1.83 bits per heavy atom. The molecule has 0 bridgehead atoms. The maximum Gasteiger partial charge on any atom is 0.410 e. The highest BCUT2D eigenvalue weighted by Crippen LogP contribution is 2.34. The molecule has 6 nitrogen and oxygen atoms in total. The highest BCUT2D eigenvalue weighted by molar-refractivity contribution is 5.82. The quantitative estimate of drug-likeness (QED) is 0.741. The SMILES string of the molecule is C[C@@H]1CN(C(=O)OC(C)(C)C)CC[C@H]1C(=O)N1N=CCC1c1cc(F)cc(F)c1. The van der Waals surface area contributed by atoms with E-state index < -0.39 is 23.3 Å². The van der Waals surface area contributed by atoms with Crippen LogP contribution in [-0.2, 0) is 9.53 Å². The Kier molecular flexibility index (Phi) is 5.91. The summed E-state index contributed by atoms with van der Waals surface area (Å²) in [6, 6.07) is 2.75. The number of hydrogen-bond donors (Lipinski definition) is 0. The lowest BCUT2D eigenvalue weighted by Crippen LogP contribution is -2.49. The minimum atomic E-state index is -0.682. The Labute approximate surface area is 169 Å². The van der Waals surface area contributed by atoms with Crippen LogP contribution < -0.4 is 0 Å². The monoisotopic (exact) mass is 407 g/mol. The lowest BCUT2D eigenvalue weighted by molar-refractivity contribution is -0.141. The summed E-state index contributed by atoms with van der Waals surface area (Å²) in [5, 5.41) is 5.51. The summed E-state index contributed by atoms with van der Waals surface area (Å²) in [6.07, 6.45) is 2.09. The van der Waals surface area contributed by atoms with Crippen molar-refractivity contribution < 1.29 is 23.1 Å². The van der Waals surface area contributed by atoms with Crippen molar-refractivity contribution in [2.75, 3.05) is 13.1 Å². The van der Waals surface area contributed by atoms with E-state index in [0.29, 0.717) is 31.5 Å². The maximum absolute atomic E-state index is 13.6. The number of carbonyl (C=O) groups excluding carboxylic acids is 2. The van der Waals surface area contributed by atoms with Gasteiger partial charge >= 0.3 is 6.09 Å². The van der Waals surface area contributed by atoms with Crippen molar-refractivity contribution in [2.24, 2.45) is 16.9 Å². The third-order valence-corrected chi connectivity index (χ3v) is 5.20. The molecule has 1 fully saturated rings. The summed E-state index contributed by atoms with van der Waals surface area (Å²) in [7, 11) is 0. The summed E-state index contributed by atoms with van der Waals surface area (Å²) in [5.74, 6) is -1.98. The fourth-order valence-electron chi connectivity index (χ4n) is 3.85. The first kappa shape index (κ1) is 21.2. The Bertz CT molecular complexity index is 802. The molecule has 2 heterocycles. The zero-order valence-corrected chi connectivity index (χ0v) is 17.2. The normalized spacial score (nSPS) is 24.7. The first-order chi connectivity index (χ1) is 13.5. The van der Waals surface area contributed by atoms with Crippen molar-refractivity contribution in [2.45, 2.75) is 52.2 Å². The molecule has 29 heavy (non-hydrogen) atoms. The van der Waals surface area contributed by atoms with Gasteiger partial charge in [0.25, 0.3) is 0 Å². The van der Waals surface area contributed by atoms with Crippen molar-refractivity contribution >= 4 is 18.2 Å². The van der Waals surface area contributed by atoms with Crippen molar-refractivity contribution in [3.63, 3.8) is 0 Å². The van der Waals surface area contributed by atoms with Gasteiger partial charge in [-0.05, 0) is 50.8 Å². The Balaban J connectivity index is 1.68. The molecule has 1 aromatic rings. The molecule has 8 heteroatoms. The second kappa shape index (κ2) is 8.08. The molecule has 0 saturated carbocycles. The van der Waals surface area contributed by atoms with E-state index in [4.69, 9.17) is 4.74 Å². The van der Waals surface area contributed by atoms with Gasteiger partial charge in [-0.25, -0.2) is 18.6 Å². The van der Waals surface area contributed by atoms with E-state index in [9.17, 15) is 18.4 Å². The van der Waals surface area contributed by atoms with Crippen molar-refractivity contribution in [1.82, 2.24) is 9.91 Å². The van der Waals surface area contributed by atoms with Gasteiger partial charge in [-0.1, -0.05) is 6.92 Å². The fourth-order valence-corrected chi connectivity index (χ4v) is 3.85. The first-order valence-electron chi connectivity index (χ1n) is 9.84. The van der Waals surface area contributed by atoms with Crippen molar-refractivity contribution in [3.8, 4) is 0 Å². The number of amides is 2. The number of nitrogens with zero attached hydrogens (tertiary/aromatic N) is 3. The van der Waals surface area contributed by atoms with E-state index in [1.54, 1.807) is 11.1 Å². The van der Waals surface area contributed by atoms with Crippen LogP contribution in [0.3, 0.4) is 0 Å². The zero-order chi connectivity index (χ0) is 21.3. The van der Waals surface area contributed by atoms with E-state index in [0.717, 1.165) is 6.07 Å². The summed E-state index contributed by atoms with van der Waals surface area (Å²) in [5.41, 5.74) is -0.197. The van der Waals surface area contributed by atoms with E-state index in [2.05, 4.69) is 5.10 Å². The molecule has 3 rings (SSSR count). The van der Waals surface area contributed by atoms with Gasteiger partial charge in [0, 0.05) is 37.7 Å². The molecule has 2 aliphatic heterocycles. The number of likely N-dealkylation sites (tertiary alicyclic amines) is 1. The predicted octanol–water partition coefficient (Wildman–Crippen LogP) is 4.12. The van der Waals surface area contributed by atoms with Gasteiger partial charge in [-0.15, -0.1) is 0 Å². The molecule has 0 spiro atoms. The number of hydrogen-bond acceptors (Lipinski definition) is 4. The van der Waals surface area contributed by atoms with Crippen molar-refractivity contribution in [3.05, 3.63) is 35.4 Å². The van der Waals surface area contributed by atoms with Crippen LogP contribution >= 0.6 is 0 Å². The van der Waals surface area contributed by atoms with Crippen LogP contribution in [0.4, 0.5) is 13.6 Å². The van der Waals surface area contributed by atoms with Gasteiger partial charge in [-0.3, -0.25) is 4.79 Å². The third-order valence-electron chi connectivity index (χ3n) is 5.20. The molecule has 0 N–H and O–H groups in total. The van der Waals surface area contributed by atoms with Gasteiger partial charge in [0.1, 0.15) is 17.2 Å². The average molecular weight is 407 g/mol. The molecular formula is C21H27F2N3O3. The number of piperidine rings is 1. The zero-order valence-electron chi connectivity index (χ0n) is 17.2. The molecule has 2 amide bonds. The maximum atomic E-state index is 13.6. The minimum absolute atomic E-state index is 0.0931. The summed E-state index contributed by atoms with van der Waals surface area (Å²) in [6.45, 7) is 8.16. The highest BCUT2D eigenvalue weighted by atomic mass is 19.1. The Hall–Kier alpha value is -2.51. The van der Waals surface area contributed by atoms with Gasteiger partial charge in [-0.2, -0.15) is 5.10 Å². The number of benzene rings is 1. The lowest BCUT2D eigenvalue weighted by Gasteiger charge is -2.38. The molecule has 1 aromatic carbocycles. The van der Waals surface area contributed by atoms with Crippen LogP contribution in [-0.4, -0.2) is 46.8 Å². The smallest absolute Gasteiger partial charge is 0.410 e. The fraction of sp³-hybridized carbons (Fsp3) is 0.571. The number of rotatable bonds is 2. The van der Waals surface area contributed by atoms with Crippen LogP contribution in [0.5, 0.6) is 0 Å². The van der Waals surface area contributed by atoms with Crippen LogP contribution in [0.25, 0.3) is 0 Å². The largest absolute Gasteiger partial charge is 0.444 e. The molecule has 1 saturated heterocycles. The predicted molar refractivity (Wildman–Crippen MR) is 104 cm³/mol. The third kappa shape index (κ3) is 4.92. The number of halogens is 2. The summed E-state index contributed by atoms with van der Waals surface area (Å²) >= 11 is 0. The molecule has 0 aliphatic carbocycles. The minimum Gasteiger partial charge on any atom is -0.444 e. The topological polar surface area (TPSA) is 62.2 Å². The van der Waals surface area contributed by atoms with Gasteiger partial charge in [0.05, 0.1) is 6.04 Å². The summed E-state index contributed by atoms with van der Waals surface area (Å²) in [4.78, 5) is 27.1. The van der Waals surface area contributed by atoms with E-state index in [1.165, 1.54) is 17.1 Å². The van der Waals surface area contributed by atoms with Gasteiger partial charge in [0.15, 0.2) is 0 Å². The molecule has 3 atom stereocenters. The van der Waals surface area contributed by atoms with Crippen LogP contribution in [0.15, 0.2) is 23.3 Å². The average Bonchev–Trinajstić information content (AvgIpc) is 3.08. The van der Waals surface area contributed by atoms with Crippen LogP contribution in [0.1, 0.15) is 52.1 Å². The molecule has 158 valence electrons. The van der Waals surface area contributed by atoms with Crippen molar-refractivity contribution in [1.29, 1.82) is 0 Å². The van der Waals surface area contributed by atoms with Gasteiger partial charge < -0.3 is 9.64 Å². The number of ether oxygens (including phenoxy) is 1. The Morgan fingerprint density at radius 1 is 1.17 bits per heavy atom. The number of hydrazone groups is 1. The molecule has 2 aliphatic rings. The molecule has 1 unspecified atom stereocenters. The molecular weight excluding hydrogens is 380 g/mol. The van der Waals surface area contributed by atoms with E-state index in [-0.39, 0.29) is 23.8 Å². The molecule has 0 radical (unpaired) electrons. The lowest BCUT2D eigenvalue weighted by atomic mass is 9.85. The standard InChI is InChI=1S/C21H27F2N3O3/c1-13-12-25(20(28)29-21(2,3)4)8-6-17(13)19(27)26-18(5-7-24-26)14-9-15(22)11-16(23)10-14/h7,9-11,13,17-18H,5-6,8,12H2,1-4H3/t13-,17-,18?/m1/s1. The van der Waals surface area contributed by atoms with Crippen LogP contribution in [0.2, 0.25) is 0 Å². The second-order valence-electron chi connectivity index (χ2n) is 8.73.